The predicted molar refractivity (Wildman–Crippen MR) is 86.1 cm³/mol. The number of aromatic nitrogens is 3. The topological polar surface area (TPSA) is 54.0 Å². The minimum atomic E-state index is 0.369. The van der Waals surface area contributed by atoms with Crippen LogP contribution in [-0.2, 0) is 4.74 Å². The van der Waals surface area contributed by atoms with Crippen LogP contribution in [0.15, 0.2) is 24.3 Å². The molecule has 5 nitrogen and oxygen atoms in total. The Kier molecular flexibility index (Phi) is 3.81. The van der Waals surface area contributed by atoms with Gasteiger partial charge in [0.1, 0.15) is 5.82 Å². The minimum absolute atomic E-state index is 0.369. The van der Waals surface area contributed by atoms with Gasteiger partial charge in [-0.1, -0.05) is 0 Å². The molecule has 1 unspecified atom stereocenters. The van der Waals surface area contributed by atoms with E-state index in [-0.39, 0.29) is 0 Å². The molecule has 2 aromatic rings. The van der Waals surface area contributed by atoms with E-state index in [4.69, 9.17) is 4.74 Å². The molecule has 1 aromatic carbocycles. The third-order valence-electron chi connectivity index (χ3n) is 4.67. The highest BCUT2D eigenvalue weighted by Gasteiger charge is 2.21. The van der Waals surface area contributed by atoms with Gasteiger partial charge in [0.2, 0.25) is 0 Å². The number of hydrogen-bond donors (Lipinski definition) is 1. The standard InChI is InChI=1S/C17H22N4O/c1-2-9-21(10-3-1)15-6-4-13(5-7-15)16-18-17(20-19-16)14-8-11-22-12-14/h4-7,14H,1-3,8-12H2,(H,18,19,20). The molecule has 5 heteroatoms. The van der Waals surface area contributed by atoms with E-state index >= 15 is 0 Å². The molecule has 0 spiro atoms. The van der Waals surface area contributed by atoms with Crippen LogP contribution < -0.4 is 4.90 Å². The van der Waals surface area contributed by atoms with Crippen molar-refractivity contribution in [1.82, 2.24) is 15.2 Å². The number of nitrogens with one attached hydrogen (secondary N) is 1. The maximum absolute atomic E-state index is 5.42. The number of anilines is 1. The van der Waals surface area contributed by atoms with Crippen LogP contribution in [-0.4, -0.2) is 41.5 Å². The second-order valence-corrected chi connectivity index (χ2v) is 6.20. The van der Waals surface area contributed by atoms with E-state index in [0.717, 1.165) is 36.8 Å². The molecule has 0 radical (unpaired) electrons. The van der Waals surface area contributed by atoms with Crippen LogP contribution in [0.2, 0.25) is 0 Å². The summed E-state index contributed by atoms with van der Waals surface area (Å²) in [6.07, 6.45) is 4.99. The first-order valence-electron chi connectivity index (χ1n) is 8.25. The first-order chi connectivity index (χ1) is 10.9. The molecular weight excluding hydrogens is 276 g/mol. The largest absolute Gasteiger partial charge is 0.381 e. The maximum Gasteiger partial charge on any atom is 0.181 e. The fourth-order valence-electron chi connectivity index (χ4n) is 3.31. The number of ether oxygens (including phenoxy) is 1. The molecule has 2 saturated heterocycles. The maximum atomic E-state index is 5.42. The van der Waals surface area contributed by atoms with Crippen molar-refractivity contribution in [2.24, 2.45) is 0 Å². The third kappa shape index (κ3) is 2.73. The summed E-state index contributed by atoms with van der Waals surface area (Å²) < 4.78 is 5.42. The van der Waals surface area contributed by atoms with Crippen LogP contribution in [0.4, 0.5) is 5.69 Å². The summed E-state index contributed by atoms with van der Waals surface area (Å²) in [7, 11) is 0. The minimum Gasteiger partial charge on any atom is -0.381 e. The molecule has 22 heavy (non-hydrogen) atoms. The summed E-state index contributed by atoms with van der Waals surface area (Å²) in [4.78, 5) is 7.11. The molecule has 1 atom stereocenters. The third-order valence-corrected chi connectivity index (χ3v) is 4.67. The number of nitrogens with zero attached hydrogens (tertiary/aromatic N) is 3. The summed E-state index contributed by atoms with van der Waals surface area (Å²) in [6.45, 7) is 3.92. The summed E-state index contributed by atoms with van der Waals surface area (Å²) >= 11 is 0. The predicted octanol–water partition coefficient (Wildman–Crippen LogP) is 2.97. The van der Waals surface area contributed by atoms with E-state index in [1.165, 1.54) is 38.0 Å². The van der Waals surface area contributed by atoms with Crippen molar-refractivity contribution in [3.05, 3.63) is 30.1 Å². The summed E-state index contributed by atoms with van der Waals surface area (Å²) in [5.41, 5.74) is 2.38. The number of piperidine rings is 1. The van der Waals surface area contributed by atoms with Crippen molar-refractivity contribution >= 4 is 5.69 Å². The molecular formula is C17H22N4O. The number of H-pyrrole nitrogens is 1. The van der Waals surface area contributed by atoms with Gasteiger partial charge in [0.05, 0.1) is 6.61 Å². The number of benzene rings is 1. The molecule has 1 aromatic heterocycles. The van der Waals surface area contributed by atoms with E-state index in [0.29, 0.717) is 5.92 Å². The molecule has 0 saturated carbocycles. The van der Waals surface area contributed by atoms with Gasteiger partial charge in [0.25, 0.3) is 0 Å². The van der Waals surface area contributed by atoms with E-state index in [2.05, 4.69) is 44.3 Å². The lowest BCUT2D eigenvalue weighted by molar-refractivity contribution is 0.193. The highest BCUT2D eigenvalue weighted by molar-refractivity contribution is 5.60. The van der Waals surface area contributed by atoms with Crippen LogP contribution in [0, 0.1) is 0 Å². The second-order valence-electron chi connectivity index (χ2n) is 6.20. The Labute approximate surface area is 130 Å². The van der Waals surface area contributed by atoms with Gasteiger partial charge in [-0.05, 0) is 49.9 Å². The molecule has 1 N–H and O–H groups in total. The van der Waals surface area contributed by atoms with Gasteiger partial charge in [0, 0.05) is 36.9 Å². The lowest BCUT2D eigenvalue weighted by Crippen LogP contribution is -2.29. The summed E-state index contributed by atoms with van der Waals surface area (Å²) in [5, 5.41) is 7.44. The lowest BCUT2D eigenvalue weighted by Gasteiger charge is -2.28. The van der Waals surface area contributed by atoms with E-state index in [1.807, 2.05) is 0 Å². The highest BCUT2D eigenvalue weighted by Crippen LogP contribution is 2.26. The molecule has 2 aliphatic rings. The Bertz CT molecular complexity index is 610. The zero-order valence-corrected chi connectivity index (χ0v) is 12.8. The Morgan fingerprint density at radius 1 is 1.09 bits per heavy atom. The zero-order valence-electron chi connectivity index (χ0n) is 12.8. The Morgan fingerprint density at radius 2 is 1.91 bits per heavy atom. The average molecular weight is 298 g/mol. The second kappa shape index (κ2) is 6.08. The van der Waals surface area contributed by atoms with Crippen LogP contribution >= 0.6 is 0 Å². The fraction of sp³-hybridized carbons (Fsp3) is 0.529. The van der Waals surface area contributed by atoms with Crippen molar-refractivity contribution in [3.8, 4) is 11.4 Å². The first kappa shape index (κ1) is 13.8. The molecule has 3 heterocycles. The first-order valence-corrected chi connectivity index (χ1v) is 8.25. The van der Waals surface area contributed by atoms with Gasteiger partial charge in [0.15, 0.2) is 5.82 Å². The van der Waals surface area contributed by atoms with E-state index in [9.17, 15) is 0 Å². The summed E-state index contributed by atoms with van der Waals surface area (Å²) in [6, 6.07) is 8.63. The highest BCUT2D eigenvalue weighted by atomic mass is 16.5. The van der Waals surface area contributed by atoms with Crippen molar-refractivity contribution in [2.45, 2.75) is 31.6 Å². The number of rotatable bonds is 3. The molecule has 0 aliphatic carbocycles. The van der Waals surface area contributed by atoms with Gasteiger partial charge in [-0.3, -0.25) is 5.10 Å². The van der Waals surface area contributed by atoms with Gasteiger partial charge >= 0.3 is 0 Å². The number of aromatic amines is 1. The summed E-state index contributed by atoms with van der Waals surface area (Å²) in [5.74, 6) is 2.11. The smallest absolute Gasteiger partial charge is 0.181 e. The Morgan fingerprint density at radius 3 is 2.64 bits per heavy atom. The quantitative estimate of drug-likeness (QED) is 0.946. The fourth-order valence-corrected chi connectivity index (χ4v) is 3.31. The molecule has 2 fully saturated rings. The van der Waals surface area contributed by atoms with Crippen LogP contribution in [0.5, 0.6) is 0 Å². The van der Waals surface area contributed by atoms with E-state index in [1.54, 1.807) is 0 Å². The monoisotopic (exact) mass is 298 g/mol. The molecule has 0 amide bonds. The average Bonchev–Trinajstić information content (AvgIpc) is 3.27. The zero-order chi connectivity index (χ0) is 14.8. The van der Waals surface area contributed by atoms with Gasteiger partial charge < -0.3 is 9.64 Å². The molecule has 2 aliphatic heterocycles. The normalized spacial score (nSPS) is 22.2. The van der Waals surface area contributed by atoms with Crippen molar-refractivity contribution in [2.75, 3.05) is 31.2 Å². The SMILES string of the molecule is c1cc(N2CCCCC2)ccc1-c1n[nH]c(C2CCOC2)n1. The van der Waals surface area contributed by atoms with Crippen molar-refractivity contribution in [1.29, 1.82) is 0 Å². The van der Waals surface area contributed by atoms with Crippen LogP contribution in [0.25, 0.3) is 11.4 Å². The number of hydrogen-bond acceptors (Lipinski definition) is 4. The Hall–Kier alpha value is -1.88. The van der Waals surface area contributed by atoms with Gasteiger partial charge in [-0.15, -0.1) is 0 Å². The lowest BCUT2D eigenvalue weighted by atomic mass is 10.1. The van der Waals surface area contributed by atoms with Gasteiger partial charge in [-0.2, -0.15) is 5.10 Å². The van der Waals surface area contributed by atoms with Crippen molar-refractivity contribution < 1.29 is 4.74 Å². The van der Waals surface area contributed by atoms with Crippen molar-refractivity contribution in [3.63, 3.8) is 0 Å². The van der Waals surface area contributed by atoms with E-state index < -0.39 is 0 Å². The molecule has 116 valence electrons. The van der Waals surface area contributed by atoms with Gasteiger partial charge in [-0.25, -0.2) is 4.98 Å². The van der Waals surface area contributed by atoms with Crippen LogP contribution in [0.1, 0.15) is 37.4 Å². The van der Waals surface area contributed by atoms with Crippen LogP contribution in [0.3, 0.4) is 0 Å². The molecule has 0 bridgehead atoms. The molecule has 4 rings (SSSR count). The Balaban J connectivity index is 1.50.